The molecule has 0 spiro atoms. The van der Waals surface area contributed by atoms with E-state index in [1.807, 2.05) is 6.07 Å². The zero-order valence-electron chi connectivity index (χ0n) is 9.55. The average molecular weight is 242 g/mol. The molecule has 0 unspecified atom stereocenters. The summed E-state index contributed by atoms with van der Waals surface area (Å²) >= 11 is 0. The Bertz CT molecular complexity index is 705. The molecular weight excluding hydrogens is 231 g/mol. The minimum absolute atomic E-state index is 0.292. The molecule has 1 aromatic carbocycles. The van der Waals surface area contributed by atoms with Crippen LogP contribution in [0.15, 0.2) is 42.7 Å². The summed E-state index contributed by atoms with van der Waals surface area (Å²) in [7, 11) is 0. The lowest BCUT2D eigenvalue weighted by atomic mass is 10.1. The Hall–Kier alpha value is -2.27. The number of rotatable bonds is 2. The van der Waals surface area contributed by atoms with Crippen LogP contribution in [0.25, 0.3) is 16.9 Å². The summed E-state index contributed by atoms with van der Waals surface area (Å²) in [6, 6.07) is 8.36. The van der Waals surface area contributed by atoms with E-state index in [4.69, 9.17) is 5.73 Å². The van der Waals surface area contributed by atoms with E-state index in [0.717, 1.165) is 5.56 Å². The van der Waals surface area contributed by atoms with Gasteiger partial charge in [0.15, 0.2) is 5.65 Å². The Morgan fingerprint density at radius 2 is 2.11 bits per heavy atom. The molecular formula is C13H11FN4. The lowest BCUT2D eigenvalue weighted by Gasteiger charge is -2.08. The number of hydrogen-bond donors (Lipinski definition) is 1. The van der Waals surface area contributed by atoms with Crippen molar-refractivity contribution in [2.45, 2.75) is 6.54 Å². The SMILES string of the molecule is NCc1cc2nccn2nc1-c1ccccc1F. The average Bonchev–Trinajstić information content (AvgIpc) is 2.85. The summed E-state index contributed by atoms with van der Waals surface area (Å²) in [6.07, 6.45) is 3.37. The number of benzene rings is 1. The quantitative estimate of drug-likeness (QED) is 0.747. The number of halogens is 1. The summed E-state index contributed by atoms with van der Waals surface area (Å²) in [6.45, 7) is 0.292. The van der Waals surface area contributed by atoms with Crippen molar-refractivity contribution in [1.29, 1.82) is 0 Å². The highest BCUT2D eigenvalue weighted by Gasteiger charge is 2.12. The first-order valence-corrected chi connectivity index (χ1v) is 5.58. The summed E-state index contributed by atoms with van der Waals surface area (Å²) in [5.74, 6) is -0.306. The Balaban J connectivity index is 2.30. The minimum atomic E-state index is -0.306. The van der Waals surface area contributed by atoms with Gasteiger partial charge in [-0.15, -0.1) is 0 Å². The van der Waals surface area contributed by atoms with E-state index in [1.165, 1.54) is 6.07 Å². The van der Waals surface area contributed by atoms with Crippen LogP contribution in [0.1, 0.15) is 5.56 Å². The molecule has 0 atom stereocenters. The van der Waals surface area contributed by atoms with Crippen molar-refractivity contribution in [3.63, 3.8) is 0 Å². The second-order valence-corrected chi connectivity index (χ2v) is 3.93. The van der Waals surface area contributed by atoms with Gasteiger partial charge in [-0.1, -0.05) is 12.1 Å². The highest BCUT2D eigenvalue weighted by Crippen LogP contribution is 2.24. The molecule has 3 rings (SSSR count). The molecule has 0 bridgehead atoms. The lowest BCUT2D eigenvalue weighted by molar-refractivity contribution is 0.629. The van der Waals surface area contributed by atoms with Crippen molar-refractivity contribution >= 4 is 5.65 Å². The minimum Gasteiger partial charge on any atom is -0.326 e. The van der Waals surface area contributed by atoms with Gasteiger partial charge in [0.05, 0.1) is 5.69 Å². The van der Waals surface area contributed by atoms with Crippen LogP contribution >= 0.6 is 0 Å². The van der Waals surface area contributed by atoms with Crippen molar-refractivity contribution < 1.29 is 4.39 Å². The molecule has 0 aliphatic carbocycles. The largest absolute Gasteiger partial charge is 0.326 e. The number of fused-ring (bicyclic) bond motifs is 1. The van der Waals surface area contributed by atoms with Gasteiger partial charge in [0.25, 0.3) is 0 Å². The number of nitrogens with zero attached hydrogens (tertiary/aromatic N) is 3. The predicted molar refractivity (Wildman–Crippen MR) is 66.3 cm³/mol. The fourth-order valence-corrected chi connectivity index (χ4v) is 1.93. The van der Waals surface area contributed by atoms with Crippen molar-refractivity contribution in [1.82, 2.24) is 14.6 Å². The number of nitrogens with two attached hydrogens (primary N) is 1. The van der Waals surface area contributed by atoms with E-state index >= 15 is 0 Å². The van der Waals surface area contributed by atoms with Gasteiger partial charge in [-0.25, -0.2) is 13.9 Å². The summed E-state index contributed by atoms with van der Waals surface area (Å²) in [4.78, 5) is 4.14. The van der Waals surface area contributed by atoms with Gasteiger partial charge in [0, 0.05) is 24.5 Å². The highest BCUT2D eigenvalue weighted by atomic mass is 19.1. The van der Waals surface area contributed by atoms with Crippen molar-refractivity contribution in [3.8, 4) is 11.3 Å². The third kappa shape index (κ3) is 1.65. The summed E-state index contributed by atoms with van der Waals surface area (Å²) in [5, 5.41) is 4.37. The number of aromatic nitrogens is 3. The molecule has 0 fully saturated rings. The fraction of sp³-hybridized carbons (Fsp3) is 0.0769. The van der Waals surface area contributed by atoms with E-state index in [1.54, 1.807) is 35.1 Å². The molecule has 18 heavy (non-hydrogen) atoms. The molecule has 0 radical (unpaired) electrons. The normalized spacial score (nSPS) is 11.0. The maximum Gasteiger partial charge on any atom is 0.153 e. The molecule has 4 nitrogen and oxygen atoms in total. The van der Waals surface area contributed by atoms with Crippen LogP contribution in [0.2, 0.25) is 0 Å². The lowest BCUT2D eigenvalue weighted by Crippen LogP contribution is -2.05. The van der Waals surface area contributed by atoms with Crippen LogP contribution in [-0.2, 0) is 6.54 Å². The van der Waals surface area contributed by atoms with E-state index in [2.05, 4.69) is 10.1 Å². The van der Waals surface area contributed by atoms with E-state index in [0.29, 0.717) is 23.4 Å². The van der Waals surface area contributed by atoms with Gasteiger partial charge in [-0.2, -0.15) is 5.10 Å². The monoisotopic (exact) mass is 242 g/mol. The third-order valence-corrected chi connectivity index (χ3v) is 2.81. The molecule has 5 heteroatoms. The van der Waals surface area contributed by atoms with Gasteiger partial charge in [-0.05, 0) is 23.8 Å². The van der Waals surface area contributed by atoms with Crippen LogP contribution in [0.4, 0.5) is 4.39 Å². The van der Waals surface area contributed by atoms with Crippen LogP contribution in [-0.4, -0.2) is 14.6 Å². The highest BCUT2D eigenvalue weighted by molar-refractivity contribution is 5.65. The van der Waals surface area contributed by atoms with Crippen LogP contribution < -0.4 is 5.73 Å². The van der Waals surface area contributed by atoms with Crippen LogP contribution in [0.3, 0.4) is 0 Å². The molecule has 0 aliphatic heterocycles. The van der Waals surface area contributed by atoms with Gasteiger partial charge < -0.3 is 5.73 Å². The van der Waals surface area contributed by atoms with Crippen LogP contribution in [0.5, 0.6) is 0 Å². The second kappa shape index (κ2) is 4.19. The van der Waals surface area contributed by atoms with E-state index < -0.39 is 0 Å². The topological polar surface area (TPSA) is 56.2 Å². The van der Waals surface area contributed by atoms with Crippen molar-refractivity contribution in [3.05, 3.63) is 54.1 Å². The molecule has 0 aliphatic rings. The number of hydrogen-bond acceptors (Lipinski definition) is 3. The van der Waals surface area contributed by atoms with Gasteiger partial charge >= 0.3 is 0 Å². The van der Waals surface area contributed by atoms with Crippen molar-refractivity contribution in [2.75, 3.05) is 0 Å². The standard InChI is InChI=1S/C13H11FN4/c14-11-4-2-1-3-10(11)13-9(8-15)7-12-16-5-6-18(12)17-13/h1-7H,8,15H2. The first-order chi connectivity index (χ1) is 8.79. The zero-order valence-corrected chi connectivity index (χ0v) is 9.55. The van der Waals surface area contributed by atoms with Crippen molar-refractivity contribution in [2.24, 2.45) is 5.73 Å². The maximum absolute atomic E-state index is 13.8. The van der Waals surface area contributed by atoms with Gasteiger partial charge in [0.2, 0.25) is 0 Å². The molecule has 90 valence electrons. The first kappa shape index (κ1) is 10.9. The molecule has 0 saturated heterocycles. The first-order valence-electron chi connectivity index (χ1n) is 5.58. The predicted octanol–water partition coefficient (Wildman–Crippen LogP) is 1.99. The fourth-order valence-electron chi connectivity index (χ4n) is 1.93. The molecule has 2 N–H and O–H groups in total. The second-order valence-electron chi connectivity index (χ2n) is 3.93. The van der Waals surface area contributed by atoms with Crippen LogP contribution in [0, 0.1) is 5.82 Å². The molecule has 0 amide bonds. The molecule has 0 saturated carbocycles. The summed E-state index contributed by atoms with van der Waals surface area (Å²) < 4.78 is 15.4. The maximum atomic E-state index is 13.8. The Morgan fingerprint density at radius 3 is 2.89 bits per heavy atom. The number of imidazole rings is 1. The van der Waals surface area contributed by atoms with E-state index in [9.17, 15) is 4.39 Å². The third-order valence-electron chi connectivity index (χ3n) is 2.81. The van der Waals surface area contributed by atoms with Gasteiger partial charge in [-0.3, -0.25) is 0 Å². The van der Waals surface area contributed by atoms with Gasteiger partial charge in [0.1, 0.15) is 5.82 Å². The molecule has 2 aromatic heterocycles. The Labute approximate surface area is 103 Å². The Kier molecular flexibility index (Phi) is 2.53. The Morgan fingerprint density at radius 1 is 1.28 bits per heavy atom. The smallest absolute Gasteiger partial charge is 0.153 e. The molecule has 3 aromatic rings. The summed E-state index contributed by atoms with van der Waals surface area (Å²) in [5.41, 5.74) is 8.19. The van der Waals surface area contributed by atoms with E-state index in [-0.39, 0.29) is 5.82 Å². The zero-order chi connectivity index (χ0) is 12.5. The molecule has 2 heterocycles.